The molecule has 1 aliphatic heterocycles. The molecule has 2 aliphatic rings. The number of hydrogen-bond donors (Lipinski definition) is 1. The van der Waals surface area contributed by atoms with Crippen molar-refractivity contribution < 1.29 is 33.7 Å². The van der Waals surface area contributed by atoms with Gasteiger partial charge in [-0.1, -0.05) is 6.92 Å². The third-order valence-electron chi connectivity index (χ3n) is 5.23. The molecule has 1 aromatic rings. The van der Waals surface area contributed by atoms with Crippen LogP contribution in [0.15, 0.2) is 17.2 Å². The van der Waals surface area contributed by atoms with Gasteiger partial charge in [0, 0.05) is 18.2 Å². The first kappa shape index (κ1) is 19.3. The van der Waals surface area contributed by atoms with Gasteiger partial charge in [-0.3, -0.25) is 9.59 Å². The van der Waals surface area contributed by atoms with Crippen LogP contribution in [0.2, 0.25) is 0 Å². The topological polar surface area (TPSA) is 99.1 Å². The zero-order valence-electron chi connectivity index (χ0n) is 16.2. The van der Waals surface area contributed by atoms with E-state index in [0.29, 0.717) is 17.5 Å². The molecule has 1 aliphatic carbocycles. The number of benzene rings is 1. The Morgan fingerprint density at radius 3 is 2.33 bits per heavy atom. The Balaban J connectivity index is 2.39. The van der Waals surface area contributed by atoms with Gasteiger partial charge in [0.1, 0.15) is 5.75 Å². The van der Waals surface area contributed by atoms with Gasteiger partial charge in [0.2, 0.25) is 0 Å². The summed E-state index contributed by atoms with van der Waals surface area (Å²) in [4.78, 5) is 39.2. The minimum atomic E-state index is -2.16. The lowest BCUT2D eigenvalue weighted by Crippen LogP contribution is -2.47. The standard InChI is InChI=1S/C20H22O7/c1-7-10-9(2)8-11-12(15(10)21)17(23)14-13(16(11)22)19(3,4)27-20(14,26-6)18(24)25-5/h8,21H,7H2,1-6H3. The number of phenols is 1. The molecule has 0 fully saturated rings. The molecule has 0 aromatic heterocycles. The molecule has 27 heavy (non-hydrogen) atoms. The fraction of sp³-hybridized carbons (Fsp3) is 0.450. The van der Waals surface area contributed by atoms with Crippen molar-refractivity contribution in [3.8, 4) is 5.75 Å². The average molecular weight is 374 g/mol. The van der Waals surface area contributed by atoms with Crippen LogP contribution < -0.4 is 0 Å². The first-order valence-corrected chi connectivity index (χ1v) is 8.61. The van der Waals surface area contributed by atoms with Crippen molar-refractivity contribution in [2.75, 3.05) is 14.2 Å². The van der Waals surface area contributed by atoms with Crippen LogP contribution in [0.1, 0.15) is 52.6 Å². The van der Waals surface area contributed by atoms with Gasteiger partial charge in [-0.15, -0.1) is 0 Å². The highest BCUT2D eigenvalue weighted by Gasteiger charge is 2.63. The molecule has 144 valence electrons. The van der Waals surface area contributed by atoms with Crippen molar-refractivity contribution in [2.24, 2.45) is 0 Å². The monoisotopic (exact) mass is 374 g/mol. The second-order valence-corrected chi connectivity index (χ2v) is 7.13. The highest BCUT2D eigenvalue weighted by atomic mass is 16.7. The minimum Gasteiger partial charge on any atom is -0.507 e. The molecule has 1 N–H and O–H groups in total. The van der Waals surface area contributed by atoms with Crippen LogP contribution in [0.25, 0.3) is 0 Å². The van der Waals surface area contributed by atoms with Gasteiger partial charge in [0.05, 0.1) is 23.8 Å². The van der Waals surface area contributed by atoms with Crippen molar-refractivity contribution in [1.29, 1.82) is 0 Å². The lowest BCUT2D eigenvalue weighted by molar-refractivity contribution is -0.233. The van der Waals surface area contributed by atoms with Crippen LogP contribution in [0.4, 0.5) is 0 Å². The maximum absolute atomic E-state index is 13.4. The van der Waals surface area contributed by atoms with E-state index in [9.17, 15) is 19.5 Å². The molecule has 7 nitrogen and oxygen atoms in total. The number of ether oxygens (including phenoxy) is 3. The maximum Gasteiger partial charge on any atom is 0.371 e. The Bertz CT molecular complexity index is 923. The molecular formula is C20H22O7. The zero-order valence-corrected chi connectivity index (χ0v) is 16.2. The molecule has 0 radical (unpaired) electrons. The van der Waals surface area contributed by atoms with Gasteiger partial charge in [-0.2, -0.15) is 0 Å². The van der Waals surface area contributed by atoms with Crippen molar-refractivity contribution in [3.63, 3.8) is 0 Å². The van der Waals surface area contributed by atoms with Gasteiger partial charge in [0.15, 0.2) is 11.6 Å². The molecule has 1 heterocycles. The van der Waals surface area contributed by atoms with E-state index in [4.69, 9.17) is 14.2 Å². The SMILES string of the molecule is CCc1c(C)cc2c(c1O)C(=O)C1=C(C2=O)C(C)(C)OC1(OC)C(=O)OC. The Morgan fingerprint density at radius 1 is 1.19 bits per heavy atom. The number of aromatic hydroxyl groups is 1. The summed E-state index contributed by atoms with van der Waals surface area (Å²) >= 11 is 0. The van der Waals surface area contributed by atoms with Gasteiger partial charge in [0.25, 0.3) is 0 Å². The number of carbonyl (C=O) groups excluding carboxylic acids is 3. The Kier molecular flexibility index (Phi) is 4.28. The first-order valence-electron chi connectivity index (χ1n) is 8.61. The summed E-state index contributed by atoms with van der Waals surface area (Å²) in [6.45, 7) is 6.76. The molecular weight excluding hydrogens is 352 g/mol. The fourth-order valence-corrected chi connectivity index (χ4v) is 4.04. The smallest absolute Gasteiger partial charge is 0.371 e. The van der Waals surface area contributed by atoms with E-state index in [1.54, 1.807) is 26.8 Å². The van der Waals surface area contributed by atoms with Crippen LogP contribution in [-0.2, 0) is 25.4 Å². The highest BCUT2D eigenvalue weighted by molar-refractivity contribution is 6.31. The molecule has 0 bridgehead atoms. The number of methoxy groups -OCH3 is 2. The molecule has 0 amide bonds. The maximum atomic E-state index is 13.4. The quantitative estimate of drug-likeness (QED) is 0.810. The normalized spacial score (nSPS) is 23.3. The summed E-state index contributed by atoms with van der Waals surface area (Å²) in [6.07, 6.45) is 0.479. The molecule has 0 spiro atoms. The van der Waals surface area contributed by atoms with Crippen LogP contribution >= 0.6 is 0 Å². The summed E-state index contributed by atoms with van der Waals surface area (Å²) in [5, 5.41) is 10.7. The summed E-state index contributed by atoms with van der Waals surface area (Å²) in [5.74, 6) is -4.52. The van der Waals surface area contributed by atoms with E-state index in [-0.39, 0.29) is 28.0 Å². The van der Waals surface area contributed by atoms with Gasteiger partial charge in [-0.25, -0.2) is 4.79 Å². The molecule has 0 saturated heterocycles. The largest absolute Gasteiger partial charge is 0.507 e. The number of rotatable bonds is 3. The average Bonchev–Trinajstić information content (AvgIpc) is 2.87. The van der Waals surface area contributed by atoms with Gasteiger partial charge >= 0.3 is 11.8 Å². The third kappa shape index (κ3) is 2.31. The van der Waals surface area contributed by atoms with Crippen LogP contribution in [-0.4, -0.2) is 48.3 Å². The number of esters is 1. The van der Waals surface area contributed by atoms with E-state index < -0.39 is 28.9 Å². The van der Waals surface area contributed by atoms with Crippen LogP contribution in [0.3, 0.4) is 0 Å². The fourth-order valence-electron chi connectivity index (χ4n) is 4.04. The minimum absolute atomic E-state index is 0.0373. The molecule has 1 atom stereocenters. The van der Waals surface area contributed by atoms with Crippen LogP contribution in [0, 0.1) is 6.92 Å². The van der Waals surface area contributed by atoms with Crippen molar-refractivity contribution in [1.82, 2.24) is 0 Å². The van der Waals surface area contributed by atoms with Crippen molar-refractivity contribution in [3.05, 3.63) is 39.5 Å². The van der Waals surface area contributed by atoms with Gasteiger partial charge < -0.3 is 19.3 Å². The second kappa shape index (κ2) is 6.00. The predicted molar refractivity (Wildman–Crippen MR) is 94.8 cm³/mol. The predicted octanol–water partition coefficient (Wildman–Crippen LogP) is 2.26. The zero-order chi connectivity index (χ0) is 20.3. The molecule has 1 unspecified atom stereocenters. The second-order valence-electron chi connectivity index (χ2n) is 7.13. The van der Waals surface area contributed by atoms with E-state index >= 15 is 0 Å². The number of hydrogen-bond acceptors (Lipinski definition) is 7. The number of Topliss-reactive ketones (excluding diaryl/α,β-unsaturated/α-hetero) is 2. The number of aryl methyl sites for hydroxylation is 1. The summed E-state index contributed by atoms with van der Waals surface area (Å²) in [6, 6.07) is 1.60. The third-order valence-corrected chi connectivity index (χ3v) is 5.23. The summed E-state index contributed by atoms with van der Waals surface area (Å²) in [7, 11) is 2.33. The Hall–Kier alpha value is -2.51. The van der Waals surface area contributed by atoms with Crippen LogP contribution in [0.5, 0.6) is 5.75 Å². The summed E-state index contributed by atoms with van der Waals surface area (Å²) < 4.78 is 15.9. The number of fused-ring (bicyclic) bond motifs is 1. The molecule has 1 aromatic carbocycles. The van der Waals surface area contributed by atoms with E-state index in [1.807, 2.05) is 6.92 Å². The molecule has 0 saturated carbocycles. The lowest BCUT2D eigenvalue weighted by Gasteiger charge is -2.29. The lowest BCUT2D eigenvalue weighted by atomic mass is 9.76. The van der Waals surface area contributed by atoms with Gasteiger partial charge in [-0.05, 0) is 44.4 Å². The number of phenolic OH excluding ortho intramolecular Hbond substituents is 1. The van der Waals surface area contributed by atoms with E-state index in [2.05, 4.69) is 0 Å². The number of carbonyl (C=O) groups is 3. The number of ketones is 2. The van der Waals surface area contributed by atoms with E-state index in [0.717, 1.165) is 7.11 Å². The van der Waals surface area contributed by atoms with E-state index in [1.165, 1.54) is 7.11 Å². The Morgan fingerprint density at radius 2 is 1.81 bits per heavy atom. The molecule has 7 heteroatoms. The van der Waals surface area contributed by atoms with Crippen molar-refractivity contribution >= 4 is 17.5 Å². The first-order chi connectivity index (χ1) is 12.6. The molecule has 3 rings (SSSR count). The highest BCUT2D eigenvalue weighted by Crippen LogP contribution is 2.50. The Labute approximate surface area is 156 Å². The van der Waals surface area contributed by atoms with Crippen molar-refractivity contribution in [2.45, 2.75) is 45.5 Å². The summed E-state index contributed by atoms with van der Waals surface area (Å²) in [5.41, 5.74) is -0.223.